The van der Waals surface area contributed by atoms with Crippen LogP contribution in [0, 0.1) is 0 Å². The van der Waals surface area contributed by atoms with E-state index in [0.717, 1.165) is 30.2 Å². The van der Waals surface area contributed by atoms with Crippen LogP contribution in [-0.4, -0.2) is 18.6 Å². The van der Waals surface area contributed by atoms with Gasteiger partial charge >= 0.3 is 0 Å². The van der Waals surface area contributed by atoms with Gasteiger partial charge in [-0.25, -0.2) is 4.98 Å². The molecule has 3 nitrogen and oxygen atoms in total. The molecule has 0 atom stereocenters. The standard InChI is InChI=1S/C15H20N2OS/c1-3-9-16-10-14-13(11-18-2)17-15(19-14)12-7-5-4-6-8-12/h4-8,16H,3,9-11H2,1-2H3. The monoisotopic (exact) mass is 276 g/mol. The van der Waals surface area contributed by atoms with E-state index in [-0.39, 0.29) is 0 Å². The molecule has 102 valence electrons. The predicted octanol–water partition coefficient (Wildman–Crippen LogP) is 3.46. The zero-order chi connectivity index (χ0) is 13.5. The molecule has 1 aromatic heterocycles. The fourth-order valence-corrected chi connectivity index (χ4v) is 2.89. The van der Waals surface area contributed by atoms with Crippen molar-refractivity contribution in [3.63, 3.8) is 0 Å². The highest BCUT2D eigenvalue weighted by Crippen LogP contribution is 2.28. The summed E-state index contributed by atoms with van der Waals surface area (Å²) in [5.41, 5.74) is 2.22. The summed E-state index contributed by atoms with van der Waals surface area (Å²) in [4.78, 5) is 5.97. The van der Waals surface area contributed by atoms with Crippen LogP contribution in [0.15, 0.2) is 30.3 Å². The third-order valence-electron chi connectivity index (χ3n) is 2.79. The van der Waals surface area contributed by atoms with Crippen molar-refractivity contribution in [1.29, 1.82) is 0 Å². The molecular formula is C15H20N2OS. The Morgan fingerprint density at radius 2 is 2.05 bits per heavy atom. The summed E-state index contributed by atoms with van der Waals surface area (Å²) in [5, 5.41) is 4.50. The van der Waals surface area contributed by atoms with Gasteiger partial charge in [-0.15, -0.1) is 11.3 Å². The summed E-state index contributed by atoms with van der Waals surface area (Å²) in [6.07, 6.45) is 1.14. The number of benzene rings is 1. The number of hydrogen-bond donors (Lipinski definition) is 1. The van der Waals surface area contributed by atoms with Crippen LogP contribution in [0.5, 0.6) is 0 Å². The molecule has 0 spiro atoms. The molecule has 0 aliphatic heterocycles. The van der Waals surface area contributed by atoms with Crippen LogP contribution in [0.25, 0.3) is 10.6 Å². The molecule has 1 aromatic carbocycles. The lowest BCUT2D eigenvalue weighted by molar-refractivity contribution is 0.181. The van der Waals surface area contributed by atoms with E-state index >= 15 is 0 Å². The smallest absolute Gasteiger partial charge is 0.124 e. The highest BCUT2D eigenvalue weighted by Gasteiger charge is 2.11. The van der Waals surface area contributed by atoms with Gasteiger partial charge in [0.05, 0.1) is 12.3 Å². The quantitative estimate of drug-likeness (QED) is 0.786. The van der Waals surface area contributed by atoms with Gasteiger partial charge in [0.2, 0.25) is 0 Å². The Bertz CT molecular complexity index is 496. The fraction of sp³-hybridized carbons (Fsp3) is 0.400. The second-order valence-corrected chi connectivity index (χ2v) is 5.45. The maximum atomic E-state index is 5.24. The largest absolute Gasteiger partial charge is 0.378 e. The molecule has 2 rings (SSSR count). The number of aromatic nitrogens is 1. The molecule has 2 aromatic rings. The number of hydrogen-bond acceptors (Lipinski definition) is 4. The van der Waals surface area contributed by atoms with E-state index in [2.05, 4.69) is 24.4 Å². The molecule has 4 heteroatoms. The lowest BCUT2D eigenvalue weighted by atomic mass is 10.2. The summed E-state index contributed by atoms with van der Waals surface area (Å²) in [7, 11) is 1.71. The molecule has 0 amide bonds. The molecule has 0 saturated heterocycles. The number of methoxy groups -OCH3 is 1. The zero-order valence-electron chi connectivity index (χ0n) is 11.5. The SMILES string of the molecule is CCCNCc1sc(-c2ccccc2)nc1COC. The normalized spacial score (nSPS) is 10.8. The zero-order valence-corrected chi connectivity index (χ0v) is 12.3. The van der Waals surface area contributed by atoms with Crippen LogP contribution in [-0.2, 0) is 17.9 Å². The van der Waals surface area contributed by atoms with Crippen LogP contribution in [0.3, 0.4) is 0 Å². The molecule has 19 heavy (non-hydrogen) atoms. The van der Waals surface area contributed by atoms with Crippen LogP contribution >= 0.6 is 11.3 Å². The van der Waals surface area contributed by atoms with E-state index < -0.39 is 0 Å². The first-order valence-corrected chi connectivity index (χ1v) is 7.40. The Morgan fingerprint density at radius 1 is 1.26 bits per heavy atom. The molecule has 1 N–H and O–H groups in total. The summed E-state index contributed by atoms with van der Waals surface area (Å²) >= 11 is 1.75. The Morgan fingerprint density at radius 3 is 2.74 bits per heavy atom. The van der Waals surface area contributed by atoms with Gasteiger partial charge in [-0.1, -0.05) is 37.3 Å². The number of rotatable bonds is 7. The average molecular weight is 276 g/mol. The first-order chi connectivity index (χ1) is 9.35. The number of ether oxygens (including phenoxy) is 1. The third-order valence-corrected chi connectivity index (χ3v) is 3.94. The van der Waals surface area contributed by atoms with Crippen molar-refractivity contribution in [2.24, 2.45) is 0 Å². The molecule has 0 bridgehead atoms. The molecule has 0 aliphatic carbocycles. The molecule has 0 aliphatic rings. The van der Waals surface area contributed by atoms with Crippen molar-refractivity contribution < 1.29 is 4.74 Å². The van der Waals surface area contributed by atoms with Gasteiger partial charge in [0.1, 0.15) is 5.01 Å². The molecule has 0 saturated carbocycles. The molecule has 1 heterocycles. The van der Waals surface area contributed by atoms with Crippen LogP contribution in [0.1, 0.15) is 23.9 Å². The van der Waals surface area contributed by atoms with Crippen LogP contribution in [0.4, 0.5) is 0 Å². The molecule has 0 fully saturated rings. The van der Waals surface area contributed by atoms with Gasteiger partial charge in [-0.2, -0.15) is 0 Å². The van der Waals surface area contributed by atoms with Crippen molar-refractivity contribution in [2.75, 3.05) is 13.7 Å². The van der Waals surface area contributed by atoms with Gasteiger partial charge in [-0.05, 0) is 13.0 Å². The minimum Gasteiger partial charge on any atom is -0.378 e. The Kier molecular flexibility index (Phi) is 5.51. The second-order valence-electron chi connectivity index (χ2n) is 4.36. The van der Waals surface area contributed by atoms with Crippen LogP contribution in [0.2, 0.25) is 0 Å². The second kappa shape index (κ2) is 7.38. The van der Waals surface area contributed by atoms with Gasteiger partial charge in [0, 0.05) is 24.1 Å². The van der Waals surface area contributed by atoms with E-state index in [0.29, 0.717) is 6.61 Å². The van der Waals surface area contributed by atoms with Crippen molar-refractivity contribution >= 4 is 11.3 Å². The summed E-state index contributed by atoms with van der Waals surface area (Å²) in [6.45, 7) is 4.65. The Hall–Kier alpha value is -1.23. The van der Waals surface area contributed by atoms with Gasteiger partial charge in [-0.3, -0.25) is 0 Å². The van der Waals surface area contributed by atoms with E-state index in [9.17, 15) is 0 Å². The highest BCUT2D eigenvalue weighted by atomic mass is 32.1. The van der Waals surface area contributed by atoms with E-state index in [1.807, 2.05) is 18.2 Å². The average Bonchev–Trinajstić information content (AvgIpc) is 2.84. The summed E-state index contributed by atoms with van der Waals surface area (Å²) in [5.74, 6) is 0. The first-order valence-electron chi connectivity index (χ1n) is 6.58. The molecule has 0 unspecified atom stereocenters. The fourth-order valence-electron chi connectivity index (χ4n) is 1.85. The lowest BCUT2D eigenvalue weighted by Crippen LogP contribution is -2.14. The van der Waals surface area contributed by atoms with E-state index in [1.165, 1.54) is 10.4 Å². The topological polar surface area (TPSA) is 34.2 Å². The Balaban J connectivity index is 2.19. The first kappa shape index (κ1) is 14.2. The van der Waals surface area contributed by atoms with Gasteiger partial charge < -0.3 is 10.1 Å². The Labute approximate surface area is 118 Å². The van der Waals surface area contributed by atoms with E-state index in [1.54, 1.807) is 18.4 Å². The van der Waals surface area contributed by atoms with Crippen molar-refractivity contribution in [1.82, 2.24) is 10.3 Å². The van der Waals surface area contributed by atoms with Crippen molar-refractivity contribution in [3.05, 3.63) is 40.9 Å². The summed E-state index contributed by atoms with van der Waals surface area (Å²) in [6, 6.07) is 10.3. The number of nitrogens with zero attached hydrogens (tertiary/aromatic N) is 1. The molecular weight excluding hydrogens is 256 g/mol. The van der Waals surface area contributed by atoms with Crippen LogP contribution < -0.4 is 5.32 Å². The predicted molar refractivity (Wildman–Crippen MR) is 80.3 cm³/mol. The van der Waals surface area contributed by atoms with Gasteiger partial charge in [0.25, 0.3) is 0 Å². The minimum atomic E-state index is 0.576. The lowest BCUT2D eigenvalue weighted by Gasteiger charge is -2.02. The molecule has 0 radical (unpaired) electrons. The van der Waals surface area contributed by atoms with Crippen molar-refractivity contribution in [3.8, 4) is 10.6 Å². The summed E-state index contributed by atoms with van der Waals surface area (Å²) < 4.78 is 5.24. The van der Waals surface area contributed by atoms with Gasteiger partial charge in [0.15, 0.2) is 0 Å². The maximum absolute atomic E-state index is 5.24. The number of thiazole rings is 1. The highest BCUT2D eigenvalue weighted by molar-refractivity contribution is 7.15. The minimum absolute atomic E-state index is 0.576. The van der Waals surface area contributed by atoms with E-state index in [4.69, 9.17) is 9.72 Å². The number of nitrogens with one attached hydrogen (secondary N) is 1. The van der Waals surface area contributed by atoms with Crippen molar-refractivity contribution in [2.45, 2.75) is 26.5 Å². The third kappa shape index (κ3) is 3.86. The maximum Gasteiger partial charge on any atom is 0.124 e.